The third-order valence-corrected chi connectivity index (χ3v) is 7.71. The zero-order chi connectivity index (χ0) is 16.0. The third-order valence-electron chi connectivity index (χ3n) is 3.56. The van der Waals surface area contributed by atoms with Gasteiger partial charge in [0.25, 0.3) is 0 Å². The van der Waals surface area contributed by atoms with Crippen molar-refractivity contribution in [1.82, 2.24) is 4.31 Å². The van der Waals surface area contributed by atoms with Gasteiger partial charge in [0.05, 0.1) is 16.4 Å². The molecule has 1 aliphatic rings. The Morgan fingerprint density at radius 2 is 2.00 bits per heavy atom. The molecule has 1 aliphatic heterocycles. The number of anilines is 1. The van der Waals surface area contributed by atoms with E-state index in [1.165, 1.54) is 16.4 Å². The normalized spacial score (nSPS) is 23.1. The summed E-state index contributed by atoms with van der Waals surface area (Å²) in [6.07, 6.45) is 0. The number of nitrogen functional groups attached to an aromatic ring is 1. The van der Waals surface area contributed by atoms with E-state index in [0.29, 0.717) is 11.3 Å². The van der Waals surface area contributed by atoms with E-state index in [0.717, 1.165) is 0 Å². The maximum Gasteiger partial charge on any atom is 0.243 e. The van der Waals surface area contributed by atoms with E-state index in [-0.39, 0.29) is 28.0 Å². The van der Waals surface area contributed by atoms with Gasteiger partial charge in [0.2, 0.25) is 10.0 Å². The van der Waals surface area contributed by atoms with Crippen LogP contribution in [0.2, 0.25) is 5.02 Å². The summed E-state index contributed by atoms with van der Waals surface area (Å²) in [5, 5.41) is 0.231. The van der Waals surface area contributed by atoms with Crippen LogP contribution in [-0.2, 0) is 19.9 Å². The second-order valence-corrected chi connectivity index (χ2v) is 9.72. The Morgan fingerprint density at radius 3 is 2.57 bits per heavy atom. The van der Waals surface area contributed by atoms with Crippen LogP contribution in [0.1, 0.15) is 12.5 Å². The summed E-state index contributed by atoms with van der Waals surface area (Å²) in [6.45, 7) is 3.12. The van der Waals surface area contributed by atoms with Crippen molar-refractivity contribution in [3.63, 3.8) is 0 Å². The van der Waals surface area contributed by atoms with Crippen LogP contribution < -0.4 is 5.73 Å². The summed E-state index contributed by atoms with van der Waals surface area (Å²) in [7, 11) is -7.02. The van der Waals surface area contributed by atoms with Gasteiger partial charge in [-0.3, -0.25) is 0 Å². The minimum atomic E-state index is -3.83. The smallest absolute Gasteiger partial charge is 0.243 e. The van der Waals surface area contributed by atoms with Gasteiger partial charge in [-0.2, -0.15) is 4.31 Å². The molecule has 0 bridgehead atoms. The van der Waals surface area contributed by atoms with E-state index in [2.05, 4.69) is 0 Å². The second-order valence-electron chi connectivity index (χ2n) is 5.20. The van der Waals surface area contributed by atoms with Crippen molar-refractivity contribution in [2.24, 2.45) is 0 Å². The second kappa shape index (κ2) is 5.42. The summed E-state index contributed by atoms with van der Waals surface area (Å²) in [5.41, 5.74) is 6.47. The Bertz CT molecular complexity index is 775. The number of rotatable bonds is 2. The van der Waals surface area contributed by atoms with E-state index in [1.54, 1.807) is 13.8 Å². The van der Waals surface area contributed by atoms with Crippen molar-refractivity contribution in [2.45, 2.75) is 24.8 Å². The molecule has 0 amide bonds. The van der Waals surface area contributed by atoms with Crippen LogP contribution in [0.5, 0.6) is 0 Å². The van der Waals surface area contributed by atoms with E-state index >= 15 is 0 Å². The van der Waals surface area contributed by atoms with Gasteiger partial charge in [-0.15, -0.1) is 0 Å². The highest BCUT2D eigenvalue weighted by Gasteiger charge is 2.37. The zero-order valence-electron chi connectivity index (χ0n) is 11.7. The predicted molar refractivity (Wildman–Crippen MR) is 82.6 cm³/mol. The highest BCUT2D eigenvalue weighted by atomic mass is 35.5. The van der Waals surface area contributed by atoms with E-state index in [1.807, 2.05) is 0 Å². The largest absolute Gasteiger partial charge is 0.398 e. The standard InChI is InChI=1S/C12H17ClN2O4S2/c1-8-7-20(16,17)4-3-15(8)21(18,19)12-6-10(13)5-11(14)9(12)2/h5-6,8H,3-4,7,14H2,1-2H3. The lowest BCUT2D eigenvalue weighted by atomic mass is 10.2. The van der Waals surface area contributed by atoms with Crippen molar-refractivity contribution in [3.05, 3.63) is 22.7 Å². The molecule has 1 atom stereocenters. The Hall–Kier alpha value is -0.830. The van der Waals surface area contributed by atoms with Crippen molar-refractivity contribution >= 4 is 37.1 Å². The summed E-state index contributed by atoms with van der Waals surface area (Å²) >= 11 is 5.89. The van der Waals surface area contributed by atoms with Gasteiger partial charge in [-0.1, -0.05) is 11.6 Å². The van der Waals surface area contributed by atoms with Crippen LogP contribution in [0.25, 0.3) is 0 Å². The van der Waals surface area contributed by atoms with Crippen LogP contribution in [0.3, 0.4) is 0 Å². The molecule has 0 saturated carbocycles. The summed E-state index contributed by atoms with van der Waals surface area (Å²) in [6, 6.07) is 2.21. The third kappa shape index (κ3) is 3.18. The fraction of sp³-hybridized carbons (Fsp3) is 0.500. The maximum absolute atomic E-state index is 12.8. The fourth-order valence-corrected chi connectivity index (χ4v) is 6.38. The number of nitrogens with zero attached hydrogens (tertiary/aromatic N) is 1. The van der Waals surface area contributed by atoms with E-state index < -0.39 is 25.9 Å². The molecule has 0 aliphatic carbocycles. The lowest BCUT2D eigenvalue weighted by Crippen LogP contribution is -2.49. The van der Waals surface area contributed by atoms with Gasteiger partial charge in [0.1, 0.15) is 0 Å². The molecule has 1 saturated heterocycles. The Kier molecular flexibility index (Phi) is 4.27. The molecular formula is C12H17ClN2O4S2. The van der Waals surface area contributed by atoms with Gasteiger partial charge < -0.3 is 5.73 Å². The molecule has 1 aromatic carbocycles. The van der Waals surface area contributed by atoms with Crippen LogP contribution in [0.4, 0.5) is 5.69 Å². The summed E-state index contributed by atoms with van der Waals surface area (Å²) in [5.74, 6) is -0.354. The number of sulfonamides is 1. The fourth-order valence-electron chi connectivity index (χ4n) is 2.41. The number of nitrogens with two attached hydrogens (primary N) is 1. The molecule has 1 unspecified atom stereocenters. The Balaban J connectivity index is 2.49. The maximum atomic E-state index is 12.8. The van der Waals surface area contributed by atoms with Crippen molar-refractivity contribution in [3.8, 4) is 0 Å². The molecule has 6 nitrogen and oxygen atoms in total. The molecule has 9 heteroatoms. The topological polar surface area (TPSA) is 97.5 Å². The molecule has 1 heterocycles. The predicted octanol–water partition coefficient (Wildman–Crippen LogP) is 1.04. The quantitative estimate of drug-likeness (QED) is 0.802. The lowest BCUT2D eigenvalue weighted by Gasteiger charge is -2.32. The first-order chi connectivity index (χ1) is 9.54. The molecule has 2 N–H and O–H groups in total. The van der Waals surface area contributed by atoms with Gasteiger partial charge in [0, 0.05) is 23.3 Å². The van der Waals surface area contributed by atoms with Crippen LogP contribution >= 0.6 is 11.6 Å². The van der Waals surface area contributed by atoms with Gasteiger partial charge >= 0.3 is 0 Å². The highest BCUT2D eigenvalue weighted by Crippen LogP contribution is 2.30. The monoisotopic (exact) mass is 352 g/mol. The average molecular weight is 353 g/mol. The van der Waals surface area contributed by atoms with Gasteiger partial charge in [0.15, 0.2) is 9.84 Å². The zero-order valence-corrected chi connectivity index (χ0v) is 14.1. The van der Waals surface area contributed by atoms with Crippen molar-refractivity contribution < 1.29 is 16.8 Å². The molecule has 118 valence electrons. The first-order valence-electron chi connectivity index (χ1n) is 6.32. The van der Waals surface area contributed by atoms with E-state index in [9.17, 15) is 16.8 Å². The highest BCUT2D eigenvalue weighted by molar-refractivity contribution is 7.92. The minimum Gasteiger partial charge on any atom is -0.398 e. The molecule has 21 heavy (non-hydrogen) atoms. The van der Waals surface area contributed by atoms with E-state index in [4.69, 9.17) is 17.3 Å². The molecule has 0 spiro atoms. The molecule has 1 fully saturated rings. The Labute approximate surface area is 129 Å². The molecule has 2 rings (SSSR count). The average Bonchev–Trinajstić information content (AvgIpc) is 2.31. The van der Waals surface area contributed by atoms with Crippen LogP contribution in [0.15, 0.2) is 17.0 Å². The van der Waals surface area contributed by atoms with Gasteiger partial charge in [-0.25, -0.2) is 16.8 Å². The van der Waals surface area contributed by atoms with Gasteiger partial charge in [-0.05, 0) is 31.5 Å². The Morgan fingerprint density at radius 1 is 1.38 bits per heavy atom. The number of sulfone groups is 1. The lowest BCUT2D eigenvalue weighted by molar-refractivity contribution is 0.356. The minimum absolute atomic E-state index is 0.0265. The molecule has 0 aromatic heterocycles. The number of benzene rings is 1. The SMILES string of the molecule is Cc1c(N)cc(Cl)cc1S(=O)(=O)N1CCS(=O)(=O)CC1C. The first-order valence-corrected chi connectivity index (χ1v) is 9.96. The van der Waals surface area contributed by atoms with Crippen LogP contribution in [-0.4, -0.2) is 45.2 Å². The van der Waals surface area contributed by atoms with Crippen LogP contribution in [0, 0.1) is 6.92 Å². The van der Waals surface area contributed by atoms with Crippen molar-refractivity contribution in [2.75, 3.05) is 23.8 Å². The summed E-state index contributed by atoms with van der Waals surface area (Å²) in [4.78, 5) is 0.0265. The molecule has 1 aromatic rings. The molecular weight excluding hydrogens is 336 g/mol. The van der Waals surface area contributed by atoms with Crippen molar-refractivity contribution in [1.29, 1.82) is 0 Å². The number of hydrogen-bond donors (Lipinski definition) is 1. The number of hydrogen-bond acceptors (Lipinski definition) is 5. The first kappa shape index (κ1) is 16.5. The number of halogens is 1. The molecule has 0 radical (unpaired) electrons. The summed E-state index contributed by atoms with van der Waals surface area (Å²) < 4.78 is 49.9.